The van der Waals surface area contributed by atoms with Gasteiger partial charge < -0.3 is 10.2 Å². The highest BCUT2D eigenvalue weighted by Gasteiger charge is 2.43. The van der Waals surface area contributed by atoms with E-state index in [0.717, 1.165) is 4.88 Å². The van der Waals surface area contributed by atoms with Crippen LogP contribution in [0.2, 0.25) is 0 Å². The maximum atomic E-state index is 12.4. The highest BCUT2D eigenvalue weighted by Crippen LogP contribution is 2.39. The first-order chi connectivity index (χ1) is 10.2. The lowest BCUT2D eigenvalue weighted by Gasteiger charge is -2.24. The molecular formula is C16H22N2O3S. The van der Waals surface area contributed by atoms with Crippen molar-refractivity contribution in [2.24, 2.45) is 11.3 Å². The Bertz CT molecular complexity index is 575. The molecule has 22 heavy (non-hydrogen) atoms. The zero-order valence-electron chi connectivity index (χ0n) is 13.4. The summed E-state index contributed by atoms with van der Waals surface area (Å²) in [6.45, 7) is 5.47. The average Bonchev–Trinajstić information content (AvgIpc) is 3.04. The van der Waals surface area contributed by atoms with Crippen LogP contribution in [0.3, 0.4) is 0 Å². The molecular weight excluding hydrogens is 300 g/mol. The highest BCUT2D eigenvalue weighted by atomic mass is 32.1. The molecule has 1 aliphatic rings. The Labute approximate surface area is 134 Å². The van der Waals surface area contributed by atoms with Gasteiger partial charge in [-0.05, 0) is 11.4 Å². The van der Waals surface area contributed by atoms with Crippen molar-refractivity contribution in [1.29, 1.82) is 0 Å². The Kier molecular flexibility index (Phi) is 4.70. The van der Waals surface area contributed by atoms with Crippen LogP contribution in [0.15, 0.2) is 17.5 Å². The number of hydrogen-bond donors (Lipinski definition) is 1. The number of Topliss-reactive ketones (excluding diaryl/α,β-unsaturated/α-hetero) is 1. The molecule has 0 aliphatic carbocycles. The van der Waals surface area contributed by atoms with E-state index in [1.807, 2.05) is 38.3 Å². The minimum absolute atomic E-state index is 0.00784. The van der Waals surface area contributed by atoms with Gasteiger partial charge in [0, 0.05) is 23.8 Å². The van der Waals surface area contributed by atoms with Gasteiger partial charge in [-0.2, -0.15) is 0 Å². The lowest BCUT2D eigenvalue weighted by Crippen LogP contribution is -2.40. The van der Waals surface area contributed by atoms with Crippen molar-refractivity contribution < 1.29 is 14.4 Å². The van der Waals surface area contributed by atoms with Crippen molar-refractivity contribution >= 4 is 28.9 Å². The number of thiophene rings is 1. The highest BCUT2D eigenvalue weighted by molar-refractivity contribution is 7.10. The van der Waals surface area contributed by atoms with E-state index >= 15 is 0 Å². The maximum Gasteiger partial charge on any atom is 0.226 e. The SMILES string of the molecule is CN1C(=O)CC(C(=O)NCC(=O)C(C)(C)C)C1c1cccs1. The Balaban J connectivity index is 2.08. The number of hydrogen-bond acceptors (Lipinski definition) is 4. The number of rotatable bonds is 4. The average molecular weight is 322 g/mol. The summed E-state index contributed by atoms with van der Waals surface area (Å²) < 4.78 is 0. The number of amides is 2. The quantitative estimate of drug-likeness (QED) is 0.922. The predicted molar refractivity (Wildman–Crippen MR) is 85.4 cm³/mol. The Morgan fingerprint density at radius 3 is 2.64 bits per heavy atom. The predicted octanol–water partition coefficient (Wildman–Crippen LogP) is 2.00. The van der Waals surface area contributed by atoms with Gasteiger partial charge in [-0.3, -0.25) is 14.4 Å². The second-order valence-electron chi connectivity index (χ2n) is 6.67. The molecule has 5 nitrogen and oxygen atoms in total. The molecule has 0 saturated carbocycles. The molecule has 1 N–H and O–H groups in total. The van der Waals surface area contributed by atoms with Crippen LogP contribution in [0.1, 0.15) is 38.1 Å². The standard InChI is InChI=1S/C16H22N2O3S/c1-16(2,3)12(19)9-17-15(21)10-8-13(20)18(4)14(10)11-6-5-7-22-11/h5-7,10,14H,8-9H2,1-4H3,(H,17,21). The number of carbonyl (C=O) groups excluding carboxylic acids is 3. The zero-order chi connectivity index (χ0) is 16.5. The van der Waals surface area contributed by atoms with Gasteiger partial charge in [0.25, 0.3) is 0 Å². The third kappa shape index (κ3) is 3.38. The van der Waals surface area contributed by atoms with E-state index in [9.17, 15) is 14.4 Å². The molecule has 0 radical (unpaired) electrons. The number of nitrogens with one attached hydrogen (secondary N) is 1. The molecule has 2 amide bonds. The lowest BCUT2D eigenvalue weighted by molar-refractivity contribution is -0.131. The third-order valence-electron chi connectivity index (χ3n) is 4.02. The van der Waals surface area contributed by atoms with Crippen molar-refractivity contribution in [3.05, 3.63) is 22.4 Å². The van der Waals surface area contributed by atoms with Crippen LogP contribution < -0.4 is 5.32 Å². The van der Waals surface area contributed by atoms with Crippen LogP contribution in [0, 0.1) is 11.3 Å². The Morgan fingerprint density at radius 2 is 2.09 bits per heavy atom. The van der Waals surface area contributed by atoms with E-state index in [1.54, 1.807) is 11.9 Å². The fraction of sp³-hybridized carbons (Fsp3) is 0.562. The first-order valence-electron chi connectivity index (χ1n) is 7.32. The second kappa shape index (κ2) is 6.20. The molecule has 6 heteroatoms. The number of nitrogens with zero attached hydrogens (tertiary/aromatic N) is 1. The molecule has 0 aromatic carbocycles. The number of carbonyl (C=O) groups is 3. The van der Waals surface area contributed by atoms with E-state index < -0.39 is 11.3 Å². The smallest absolute Gasteiger partial charge is 0.226 e. The summed E-state index contributed by atoms with van der Waals surface area (Å²) in [6.07, 6.45) is 0.189. The van der Waals surface area contributed by atoms with Gasteiger partial charge in [-0.15, -0.1) is 11.3 Å². The summed E-state index contributed by atoms with van der Waals surface area (Å²) in [5, 5.41) is 4.64. The summed E-state index contributed by atoms with van der Waals surface area (Å²) in [6, 6.07) is 3.61. The molecule has 1 fully saturated rings. The van der Waals surface area contributed by atoms with Crippen molar-refractivity contribution in [3.63, 3.8) is 0 Å². The van der Waals surface area contributed by atoms with Gasteiger partial charge >= 0.3 is 0 Å². The molecule has 120 valence electrons. The molecule has 1 aromatic heterocycles. The fourth-order valence-electron chi connectivity index (χ4n) is 2.52. The van der Waals surface area contributed by atoms with Crippen LogP contribution in [0.25, 0.3) is 0 Å². The van der Waals surface area contributed by atoms with E-state index in [4.69, 9.17) is 0 Å². The summed E-state index contributed by atoms with van der Waals surface area (Å²) in [5.41, 5.74) is -0.483. The first-order valence-corrected chi connectivity index (χ1v) is 8.20. The molecule has 2 unspecified atom stereocenters. The monoisotopic (exact) mass is 322 g/mol. The normalized spacial score (nSPS) is 22.0. The van der Waals surface area contributed by atoms with Gasteiger partial charge in [0.1, 0.15) is 0 Å². The van der Waals surface area contributed by atoms with Crippen molar-refractivity contribution in [2.45, 2.75) is 33.2 Å². The minimum Gasteiger partial charge on any atom is -0.349 e. The lowest BCUT2D eigenvalue weighted by atomic mass is 9.90. The van der Waals surface area contributed by atoms with E-state index in [0.29, 0.717) is 0 Å². The van der Waals surface area contributed by atoms with Gasteiger partial charge in [-0.1, -0.05) is 26.8 Å². The van der Waals surface area contributed by atoms with Crippen molar-refractivity contribution in [3.8, 4) is 0 Å². The van der Waals surface area contributed by atoms with Crippen LogP contribution in [-0.4, -0.2) is 36.1 Å². The molecule has 1 aliphatic heterocycles. The summed E-state index contributed by atoms with van der Waals surface area (Å²) in [5.74, 6) is -0.732. The van der Waals surface area contributed by atoms with Crippen LogP contribution >= 0.6 is 11.3 Å². The van der Waals surface area contributed by atoms with Crippen LogP contribution in [0.4, 0.5) is 0 Å². The van der Waals surface area contributed by atoms with E-state index in [1.165, 1.54) is 11.3 Å². The number of ketones is 1. The molecule has 2 atom stereocenters. The van der Waals surface area contributed by atoms with Gasteiger partial charge in [0.15, 0.2) is 5.78 Å². The zero-order valence-corrected chi connectivity index (χ0v) is 14.2. The minimum atomic E-state index is -0.483. The van der Waals surface area contributed by atoms with Crippen molar-refractivity contribution in [2.75, 3.05) is 13.6 Å². The van der Waals surface area contributed by atoms with Crippen LogP contribution in [-0.2, 0) is 14.4 Å². The second-order valence-corrected chi connectivity index (χ2v) is 7.65. The third-order valence-corrected chi connectivity index (χ3v) is 4.96. The maximum absolute atomic E-state index is 12.4. The molecule has 2 rings (SSSR count). The largest absolute Gasteiger partial charge is 0.349 e. The van der Waals surface area contributed by atoms with Crippen LogP contribution in [0.5, 0.6) is 0 Å². The summed E-state index contributed by atoms with van der Waals surface area (Å²) >= 11 is 1.53. The Hall–Kier alpha value is -1.69. The fourth-order valence-corrected chi connectivity index (χ4v) is 3.45. The first kappa shape index (κ1) is 16.7. The summed E-state index contributed by atoms with van der Waals surface area (Å²) in [4.78, 5) is 39.0. The number of likely N-dealkylation sites (tertiary alicyclic amines) is 1. The molecule has 1 aromatic rings. The topological polar surface area (TPSA) is 66.5 Å². The Morgan fingerprint density at radius 1 is 1.41 bits per heavy atom. The van der Waals surface area contributed by atoms with Gasteiger partial charge in [-0.25, -0.2) is 0 Å². The molecule has 2 heterocycles. The summed E-state index contributed by atoms with van der Waals surface area (Å²) in [7, 11) is 1.72. The van der Waals surface area contributed by atoms with Crippen molar-refractivity contribution in [1.82, 2.24) is 10.2 Å². The van der Waals surface area contributed by atoms with Gasteiger partial charge in [0.2, 0.25) is 11.8 Å². The van der Waals surface area contributed by atoms with E-state index in [-0.39, 0.29) is 36.6 Å². The molecule has 0 bridgehead atoms. The van der Waals surface area contributed by atoms with Gasteiger partial charge in [0.05, 0.1) is 18.5 Å². The molecule has 0 spiro atoms. The molecule has 1 saturated heterocycles. The van der Waals surface area contributed by atoms with E-state index in [2.05, 4.69) is 5.32 Å².